The second kappa shape index (κ2) is 2.30. The van der Waals surface area contributed by atoms with Crippen LogP contribution in [0.2, 0.25) is 0 Å². The lowest BCUT2D eigenvalue weighted by atomic mass is 11.2. The fourth-order valence-corrected chi connectivity index (χ4v) is 0.0441. The lowest BCUT2D eigenvalue weighted by molar-refractivity contribution is -0.358. The van der Waals surface area contributed by atoms with Crippen LogP contribution in [0.4, 0.5) is 4.79 Å². The fraction of sp³-hybridized carbons (Fsp3) is 0. The molecule has 5 nitrogen and oxygen atoms in total. The molecule has 0 aromatic heterocycles. The predicted octanol–water partition coefficient (Wildman–Crippen LogP) is -0.619. The summed E-state index contributed by atoms with van der Waals surface area (Å²) in [5, 5.41) is 9.91. The van der Waals surface area contributed by atoms with E-state index in [4.69, 9.17) is 5.21 Å². The molecule has 0 heterocycles. The maximum atomic E-state index is 9.72. The number of hydrogen-bond acceptors (Lipinski definition) is 3. The summed E-state index contributed by atoms with van der Waals surface area (Å²) in [7, 11) is 0. The molecule has 0 unspecified atom stereocenters. The van der Waals surface area contributed by atoms with Crippen LogP contribution in [-0.4, -0.2) is 15.3 Å². The summed E-state index contributed by atoms with van der Waals surface area (Å²) < 4.78 is 0.194. The Morgan fingerprint density at radius 3 is 2.43 bits per heavy atom. The molecule has 0 bridgehead atoms. The van der Waals surface area contributed by atoms with Gasteiger partial charge in [-0.25, -0.2) is 0 Å². The standard InChI is InChI=1S/CH3N3O2S/c2-1(5)4(7)3-6/h6H,(H2,2,5). The lowest BCUT2D eigenvalue weighted by Crippen LogP contribution is -2.20. The summed E-state index contributed by atoms with van der Waals surface area (Å²) in [6.45, 7) is 0. The summed E-state index contributed by atoms with van der Waals surface area (Å²) in [6, 6.07) is -0.975. The number of carbonyl (C=O) groups is 1. The molecule has 40 valence electrons. The molecule has 0 aromatic rings. The Kier molecular flexibility index (Phi) is 2.00. The maximum absolute atomic E-state index is 9.72. The van der Waals surface area contributed by atoms with Crippen molar-refractivity contribution in [3.8, 4) is 0 Å². The van der Waals surface area contributed by atoms with Gasteiger partial charge < -0.3 is 18.0 Å². The van der Waals surface area contributed by atoms with Gasteiger partial charge in [0.05, 0.1) is 5.28 Å². The molecule has 0 rings (SSSR count). The van der Waals surface area contributed by atoms with E-state index in [0.29, 0.717) is 0 Å². The van der Waals surface area contributed by atoms with Crippen LogP contribution < -0.4 is 5.73 Å². The van der Waals surface area contributed by atoms with Crippen LogP contribution in [0.15, 0.2) is 5.28 Å². The first-order valence-electron chi connectivity index (χ1n) is 1.30. The molecule has 0 spiro atoms. The van der Waals surface area contributed by atoms with E-state index in [1.54, 1.807) is 0 Å². The van der Waals surface area contributed by atoms with Gasteiger partial charge in [-0.05, 0) is 0 Å². The Bertz CT molecular complexity index is 110. The molecule has 0 aliphatic carbocycles. The SMILES string of the molecule is NC(=O)[N+]([S-])=NO. The number of rotatable bonds is 0. The highest BCUT2D eigenvalue weighted by Gasteiger charge is 1.93. The average molecular weight is 121 g/mol. The Balaban J connectivity index is 3.82. The molecule has 0 radical (unpaired) electrons. The van der Waals surface area contributed by atoms with Gasteiger partial charge in [0.25, 0.3) is 0 Å². The second-order valence-corrected chi connectivity index (χ2v) is 1.05. The highest BCUT2D eigenvalue weighted by atomic mass is 32.1. The number of urea groups is 1. The molecule has 0 saturated carbocycles. The second-order valence-electron chi connectivity index (χ2n) is 0.701. The zero-order valence-corrected chi connectivity index (χ0v) is 4.05. The Morgan fingerprint density at radius 2 is 2.43 bits per heavy atom. The van der Waals surface area contributed by atoms with Crippen LogP contribution in [0.25, 0.3) is 0 Å². The number of primary amides is 1. The van der Waals surface area contributed by atoms with E-state index < -0.39 is 6.03 Å². The van der Waals surface area contributed by atoms with Crippen molar-refractivity contribution in [2.45, 2.75) is 0 Å². The third-order valence-electron chi connectivity index (χ3n) is 0.270. The largest absolute Gasteiger partial charge is 0.520 e. The minimum atomic E-state index is -0.975. The topological polar surface area (TPSA) is 78.7 Å². The highest BCUT2D eigenvalue weighted by Crippen LogP contribution is 1.66. The Labute approximate surface area is 44.9 Å². The van der Waals surface area contributed by atoms with Crippen molar-refractivity contribution < 1.29 is 14.1 Å². The van der Waals surface area contributed by atoms with Gasteiger partial charge in [-0.3, -0.25) is 5.73 Å². The van der Waals surface area contributed by atoms with Crippen LogP contribution in [0.3, 0.4) is 0 Å². The van der Waals surface area contributed by atoms with Crippen LogP contribution in [0.1, 0.15) is 0 Å². The van der Waals surface area contributed by atoms with Gasteiger partial charge in [-0.15, -0.1) is 0 Å². The van der Waals surface area contributed by atoms with Crippen molar-refractivity contribution in [2.24, 2.45) is 11.0 Å². The van der Waals surface area contributed by atoms with Gasteiger partial charge in [0.2, 0.25) is 0 Å². The molecule has 0 saturated heterocycles. The van der Waals surface area contributed by atoms with Crippen molar-refractivity contribution in [1.29, 1.82) is 0 Å². The van der Waals surface area contributed by atoms with Crippen molar-refractivity contribution in [1.82, 2.24) is 0 Å². The minimum absolute atomic E-state index is 0.194. The summed E-state index contributed by atoms with van der Waals surface area (Å²) >= 11 is 4.00. The lowest BCUT2D eigenvalue weighted by Gasteiger charge is -1.92. The zero-order chi connectivity index (χ0) is 5.86. The van der Waals surface area contributed by atoms with E-state index in [1.165, 1.54) is 0 Å². The van der Waals surface area contributed by atoms with Crippen molar-refractivity contribution in [3.05, 3.63) is 0 Å². The monoisotopic (exact) mass is 121 g/mol. The van der Waals surface area contributed by atoms with Gasteiger partial charge >= 0.3 is 6.03 Å². The number of carbonyl (C=O) groups excluding carboxylic acids is 1. The number of nitrogens with zero attached hydrogens (tertiary/aromatic N) is 2. The van der Waals surface area contributed by atoms with Crippen molar-refractivity contribution in [3.63, 3.8) is 0 Å². The van der Waals surface area contributed by atoms with Crippen LogP contribution >= 0.6 is 0 Å². The first-order chi connectivity index (χ1) is 3.18. The molecule has 7 heavy (non-hydrogen) atoms. The van der Waals surface area contributed by atoms with Gasteiger partial charge in [0.15, 0.2) is 0 Å². The molecule has 0 aromatic carbocycles. The summed E-state index contributed by atoms with van der Waals surface area (Å²) in [6.07, 6.45) is 0. The molecule has 3 N–H and O–H groups in total. The number of amides is 2. The van der Waals surface area contributed by atoms with E-state index in [2.05, 4.69) is 23.8 Å². The van der Waals surface area contributed by atoms with Crippen molar-refractivity contribution >= 4 is 18.8 Å². The van der Waals surface area contributed by atoms with E-state index >= 15 is 0 Å². The first-order valence-corrected chi connectivity index (χ1v) is 1.66. The first kappa shape index (κ1) is 6.09. The van der Waals surface area contributed by atoms with Gasteiger partial charge in [-0.1, -0.05) is 0 Å². The normalized spacial score (nSPS) is 11.1. The van der Waals surface area contributed by atoms with Crippen LogP contribution in [0, 0.1) is 0 Å². The molecule has 0 atom stereocenters. The molecule has 0 fully saturated rings. The number of nitrogens with two attached hydrogens (primary N) is 1. The smallest absolute Gasteiger partial charge is 0.494 e. The van der Waals surface area contributed by atoms with Gasteiger partial charge in [-0.2, -0.15) is 8.90 Å². The molecular formula is CH3N3O2S. The highest BCUT2D eigenvalue weighted by molar-refractivity contribution is 7.51. The molecule has 0 aliphatic heterocycles. The summed E-state index contributed by atoms with van der Waals surface area (Å²) in [4.78, 5) is 9.72. The van der Waals surface area contributed by atoms with Gasteiger partial charge in [0.1, 0.15) is 0 Å². The van der Waals surface area contributed by atoms with E-state index in [0.717, 1.165) is 0 Å². The Morgan fingerprint density at radius 1 is 2.00 bits per heavy atom. The maximum Gasteiger partial charge on any atom is 0.494 e. The van der Waals surface area contributed by atoms with E-state index in [-0.39, 0.29) is 4.10 Å². The molecule has 2 amide bonds. The van der Waals surface area contributed by atoms with Crippen LogP contribution in [0.5, 0.6) is 0 Å². The molecular weight excluding hydrogens is 118 g/mol. The fourth-order valence-electron chi connectivity index (χ4n) is 0.0441. The summed E-state index contributed by atoms with van der Waals surface area (Å²) in [5.41, 5.74) is 4.48. The number of hydrogen-bond donors (Lipinski definition) is 2. The Hall–Kier alpha value is -0.910. The molecule has 6 heteroatoms. The zero-order valence-electron chi connectivity index (χ0n) is 3.24. The van der Waals surface area contributed by atoms with Gasteiger partial charge in [0, 0.05) is 0 Å². The summed E-state index contributed by atoms with van der Waals surface area (Å²) in [5.74, 6) is 0. The minimum Gasteiger partial charge on any atom is -0.520 e. The average Bonchev–Trinajstić information content (AvgIpc) is 1.65. The quantitative estimate of drug-likeness (QED) is 0.194. The van der Waals surface area contributed by atoms with Crippen LogP contribution in [-0.2, 0) is 12.8 Å². The molecule has 0 aliphatic rings. The van der Waals surface area contributed by atoms with E-state index in [9.17, 15) is 4.79 Å². The van der Waals surface area contributed by atoms with Crippen molar-refractivity contribution in [2.75, 3.05) is 0 Å². The third-order valence-corrected chi connectivity index (χ3v) is 0.523. The predicted molar refractivity (Wildman–Crippen MR) is 21.4 cm³/mol. The van der Waals surface area contributed by atoms with E-state index in [1.807, 2.05) is 0 Å². The third kappa shape index (κ3) is 1.88.